The quantitative estimate of drug-likeness (QED) is 0.849. The first-order chi connectivity index (χ1) is 9.24. The third kappa shape index (κ3) is 3.09. The maximum atomic E-state index is 5.95. The highest BCUT2D eigenvalue weighted by Crippen LogP contribution is 2.26. The van der Waals surface area contributed by atoms with E-state index in [1.165, 1.54) is 0 Å². The average molecular weight is 259 g/mol. The van der Waals surface area contributed by atoms with Gasteiger partial charge in [0.25, 0.3) is 0 Å². The molecule has 100 valence electrons. The van der Waals surface area contributed by atoms with E-state index in [2.05, 4.69) is 20.3 Å². The summed E-state index contributed by atoms with van der Waals surface area (Å²) in [5.74, 6) is 1.69. The molecule has 2 rings (SSSR count). The van der Waals surface area contributed by atoms with Crippen molar-refractivity contribution in [1.82, 2.24) is 15.0 Å². The van der Waals surface area contributed by atoms with E-state index >= 15 is 0 Å². The third-order valence-corrected chi connectivity index (χ3v) is 2.65. The molecule has 0 fully saturated rings. The summed E-state index contributed by atoms with van der Waals surface area (Å²) in [5.41, 5.74) is 7.43. The second-order valence-electron chi connectivity index (χ2n) is 3.98. The van der Waals surface area contributed by atoms with Crippen LogP contribution in [0.1, 0.15) is 18.3 Å². The highest BCUT2D eigenvalue weighted by atomic mass is 16.5. The molecule has 0 aliphatic rings. The fourth-order valence-electron chi connectivity index (χ4n) is 1.63. The Balaban J connectivity index is 2.19. The van der Waals surface area contributed by atoms with Crippen molar-refractivity contribution < 1.29 is 4.74 Å². The standard InChI is InChI=1S/C13H17N5O/c1-3-10-17-12(11(14)13(18-10)19-2)16-8-9-5-4-6-15-7-9/h4-7H,3,8,14H2,1-2H3,(H,16,17,18). The summed E-state index contributed by atoms with van der Waals surface area (Å²) in [6.45, 7) is 2.58. The van der Waals surface area contributed by atoms with Crippen molar-refractivity contribution in [2.45, 2.75) is 19.9 Å². The predicted octanol–water partition coefficient (Wildman–Crippen LogP) is 1.64. The maximum absolute atomic E-state index is 5.95. The molecule has 0 unspecified atom stereocenters. The van der Waals surface area contributed by atoms with Crippen LogP contribution in [0.4, 0.5) is 11.5 Å². The third-order valence-electron chi connectivity index (χ3n) is 2.65. The molecule has 0 aliphatic heterocycles. The van der Waals surface area contributed by atoms with Gasteiger partial charge in [0.1, 0.15) is 11.5 Å². The average Bonchev–Trinajstić information content (AvgIpc) is 2.47. The van der Waals surface area contributed by atoms with E-state index in [4.69, 9.17) is 10.5 Å². The second kappa shape index (κ2) is 5.99. The topological polar surface area (TPSA) is 86.0 Å². The molecule has 2 aromatic heterocycles. The van der Waals surface area contributed by atoms with E-state index in [-0.39, 0.29) is 0 Å². The minimum atomic E-state index is 0.403. The maximum Gasteiger partial charge on any atom is 0.242 e. The van der Waals surface area contributed by atoms with Crippen molar-refractivity contribution >= 4 is 11.5 Å². The molecule has 0 aliphatic carbocycles. The first kappa shape index (κ1) is 13.1. The van der Waals surface area contributed by atoms with Crippen LogP contribution >= 0.6 is 0 Å². The van der Waals surface area contributed by atoms with Crippen LogP contribution in [0.25, 0.3) is 0 Å². The largest absolute Gasteiger partial charge is 0.479 e. The normalized spacial score (nSPS) is 10.2. The molecule has 0 saturated heterocycles. The number of hydrogen-bond donors (Lipinski definition) is 2. The Labute approximate surface area is 112 Å². The van der Waals surface area contributed by atoms with Gasteiger partial charge in [0.05, 0.1) is 7.11 Å². The number of ether oxygens (including phenoxy) is 1. The van der Waals surface area contributed by atoms with E-state index in [9.17, 15) is 0 Å². The molecule has 2 aromatic rings. The Hall–Kier alpha value is -2.37. The number of nitrogens with two attached hydrogens (primary N) is 1. The Kier molecular flexibility index (Phi) is 4.12. The molecular formula is C13H17N5O. The fourth-order valence-corrected chi connectivity index (χ4v) is 1.63. The summed E-state index contributed by atoms with van der Waals surface area (Å²) in [6, 6.07) is 3.87. The number of methoxy groups -OCH3 is 1. The molecule has 0 spiro atoms. The second-order valence-corrected chi connectivity index (χ2v) is 3.98. The van der Waals surface area contributed by atoms with E-state index < -0.39 is 0 Å². The number of rotatable bonds is 5. The lowest BCUT2D eigenvalue weighted by molar-refractivity contribution is 0.397. The van der Waals surface area contributed by atoms with Crippen LogP contribution in [0.15, 0.2) is 24.5 Å². The van der Waals surface area contributed by atoms with E-state index in [1.807, 2.05) is 19.1 Å². The highest BCUT2D eigenvalue weighted by molar-refractivity contribution is 5.66. The number of nitrogens with one attached hydrogen (secondary N) is 1. The van der Waals surface area contributed by atoms with Crippen LogP contribution in [0.2, 0.25) is 0 Å². The van der Waals surface area contributed by atoms with Crippen LogP contribution in [0.3, 0.4) is 0 Å². The monoisotopic (exact) mass is 259 g/mol. The number of hydrogen-bond acceptors (Lipinski definition) is 6. The van der Waals surface area contributed by atoms with E-state index in [0.717, 1.165) is 12.0 Å². The lowest BCUT2D eigenvalue weighted by atomic mass is 10.3. The van der Waals surface area contributed by atoms with Gasteiger partial charge in [-0.05, 0) is 11.6 Å². The van der Waals surface area contributed by atoms with Gasteiger partial charge in [-0.15, -0.1) is 0 Å². The molecule has 2 heterocycles. The number of aryl methyl sites for hydroxylation is 1. The van der Waals surface area contributed by atoms with Crippen LogP contribution in [-0.4, -0.2) is 22.1 Å². The number of anilines is 2. The van der Waals surface area contributed by atoms with Crippen molar-refractivity contribution in [1.29, 1.82) is 0 Å². The molecular weight excluding hydrogens is 242 g/mol. The first-order valence-electron chi connectivity index (χ1n) is 6.07. The molecule has 0 bridgehead atoms. The van der Waals surface area contributed by atoms with Gasteiger partial charge in [0.2, 0.25) is 5.88 Å². The minimum Gasteiger partial charge on any atom is -0.479 e. The zero-order valence-electron chi connectivity index (χ0n) is 11.1. The van der Waals surface area contributed by atoms with E-state index in [1.54, 1.807) is 19.5 Å². The van der Waals surface area contributed by atoms with Crippen molar-refractivity contribution in [3.63, 3.8) is 0 Å². The Morgan fingerprint density at radius 3 is 2.84 bits per heavy atom. The van der Waals surface area contributed by atoms with Crippen molar-refractivity contribution in [3.8, 4) is 5.88 Å². The Morgan fingerprint density at radius 1 is 1.37 bits per heavy atom. The molecule has 6 nitrogen and oxygen atoms in total. The van der Waals surface area contributed by atoms with Crippen LogP contribution in [0, 0.1) is 0 Å². The summed E-state index contributed by atoms with van der Waals surface area (Å²) >= 11 is 0. The van der Waals surface area contributed by atoms with Crippen molar-refractivity contribution in [2.75, 3.05) is 18.2 Å². The van der Waals surface area contributed by atoms with Crippen molar-refractivity contribution in [3.05, 3.63) is 35.9 Å². The van der Waals surface area contributed by atoms with Crippen LogP contribution in [-0.2, 0) is 13.0 Å². The number of pyridine rings is 1. The predicted molar refractivity (Wildman–Crippen MR) is 73.9 cm³/mol. The zero-order chi connectivity index (χ0) is 13.7. The van der Waals surface area contributed by atoms with Gasteiger partial charge in [-0.2, -0.15) is 4.98 Å². The van der Waals surface area contributed by atoms with Gasteiger partial charge in [-0.25, -0.2) is 4.98 Å². The summed E-state index contributed by atoms with van der Waals surface area (Å²) in [5, 5.41) is 3.18. The molecule has 0 aromatic carbocycles. The van der Waals surface area contributed by atoms with Crippen LogP contribution < -0.4 is 15.8 Å². The van der Waals surface area contributed by atoms with Gasteiger partial charge < -0.3 is 15.8 Å². The Morgan fingerprint density at radius 2 is 2.21 bits per heavy atom. The van der Waals surface area contributed by atoms with Gasteiger partial charge >= 0.3 is 0 Å². The highest BCUT2D eigenvalue weighted by Gasteiger charge is 2.11. The first-order valence-corrected chi connectivity index (χ1v) is 6.07. The molecule has 0 amide bonds. The number of aromatic nitrogens is 3. The zero-order valence-corrected chi connectivity index (χ0v) is 11.1. The smallest absolute Gasteiger partial charge is 0.242 e. The lowest BCUT2D eigenvalue weighted by Crippen LogP contribution is -2.09. The molecule has 19 heavy (non-hydrogen) atoms. The van der Waals surface area contributed by atoms with Crippen LogP contribution in [0.5, 0.6) is 5.88 Å². The van der Waals surface area contributed by atoms with E-state index in [0.29, 0.717) is 29.8 Å². The fraction of sp³-hybridized carbons (Fsp3) is 0.308. The van der Waals surface area contributed by atoms with Gasteiger partial charge in [0.15, 0.2) is 5.82 Å². The molecule has 3 N–H and O–H groups in total. The minimum absolute atomic E-state index is 0.403. The number of nitrogen functional groups attached to an aromatic ring is 1. The number of nitrogens with zero attached hydrogens (tertiary/aromatic N) is 3. The van der Waals surface area contributed by atoms with Gasteiger partial charge in [-0.3, -0.25) is 4.98 Å². The summed E-state index contributed by atoms with van der Waals surface area (Å²) in [7, 11) is 1.54. The van der Waals surface area contributed by atoms with Gasteiger partial charge in [0, 0.05) is 25.4 Å². The molecule has 0 atom stereocenters. The summed E-state index contributed by atoms with van der Waals surface area (Å²) < 4.78 is 5.15. The summed E-state index contributed by atoms with van der Waals surface area (Å²) in [4.78, 5) is 12.6. The lowest BCUT2D eigenvalue weighted by Gasteiger charge is -2.12. The van der Waals surface area contributed by atoms with Gasteiger partial charge in [-0.1, -0.05) is 13.0 Å². The molecule has 0 radical (unpaired) electrons. The van der Waals surface area contributed by atoms with Crippen molar-refractivity contribution in [2.24, 2.45) is 0 Å². The SMILES string of the molecule is CCc1nc(NCc2cccnc2)c(N)c(OC)n1. The molecule has 0 saturated carbocycles. The Bertz CT molecular complexity index is 544. The summed E-state index contributed by atoms with van der Waals surface area (Å²) in [6.07, 6.45) is 4.25. The molecule has 6 heteroatoms.